The summed E-state index contributed by atoms with van der Waals surface area (Å²) in [6.07, 6.45) is 0.500. The molecule has 0 aliphatic carbocycles. The zero-order chi connectivity index (χ0) is 14.6. The highest BCUT2D eigenvalue weighted by atomic mass is 32.2. The number of benzene rings is 2. The van der Waals surface area contributed by atoms with E-state index >= 15 is 0 Å². The lowest BCUT2D eigenvalue weighted by Gasteiger charge is -2.06. The molecule has 2 aromatic carbocycles. The van der Waals surface area contributed by atoms with E-state index in [2.05, 4.69) is 0 Å². The Balaban J connectivity index is 2.06. The fourth-order valence-electron chi connectivity index (χ4n) is 1.91. The van der Waals surface area contributed by atoms with Crippen LogP contribution in [0.15, 0.2) is 53.4 Å². The maximum absolute atomic E-state index is 12.2. The second-order valence-corrected chi connectivity index (χ2v) is 6.84. The van der Waals surface area contributed by atoms with Crippen LogP contribution in [-0.4, -0.2) is 21.3 Å². The number of sulfone groups is 1. The van der Waals surface area contributed by atoms with E-state index in [0.717, 1.165) is 16.9 Å². The monoisotopic (exact) mass is 290 g/mol. The van der Waals surface area contributed by atoms with Crippen LogP contribution < -0.4 is 4.74 Å². The Morgan fingerprint density at radius 1 is 0.950 bits per heavy atom. The fraction of sp³-hybridized carbons (Fsp3) is 0.250. The van der Waals surface area contributed by atoms with Gasteiger partial charge in [-0.05, 0) is 43.2 Å². The lowest BCUT2D eigenvalue weighted by atomic mass is 10.2. The first kappa shape index (κ1) is 14.6. The van der Waals surface area contributed by atoms with Gasteiger partial charge >= 0.3 is 0 Å². The molecule has 3 nitrogen and oxygen atoms in total. The van der Waals surface area contributed by atoms with Gasteiger partial charge in [-0.25, -0.2) is 8.42 Å². The molecular formula is C16H18O3S. The molecule has 0 N–H and O–H groups in total. The summed E-state index contributed by atoms with van der Waals surface area (Å²) in [6, 6.07) is 14.4. The zero-order valence-corrected chi connectivity index (χ0v) is 12.5. The number of ether oxygens (including phenoxy) is 1. The number of aryl methyl sites for hydroxylation is 2. The van der Waals surface area contributed by atoms with Crippen molar-refractivity contribution in [2.24, 2.45) is 0 Å². The first-order valence-electron chi connectivity index (χ1n) is 6.43. The number of methoxy groups -OCH3 is 1. The van der Waals surface area contributed by atoms with Crippen LogP contribution in [0.5, 0.6) is 5.75 Å². The molecule has 2 aromatic rings. The van der Waals surface area contributed by atoms with Crippen LogP contribution in [0.25, 0.3) is 0 Å². The van der Waals surface area contributed by atoms with Crippen molar-refractivity contribution in [1.29, 1.82) is 0 Å². The quantitative estimate of drug-likeness (QED) is 0.850. The van der Waals surface area contributed by atoms with Crippen molar-refractivity contribution in [1.82, 2.24) is 0 Å². The molecule has 2 rings (SSSR count). The molecule has 0 fully saturated rings. The molecule has 0 aliphatic rings. The topological polar surface area (TPSA) is 43.4 Å². The summed E-state index contributed by atoms with van der Waals surface area (Å²) in [5.41, 5.74) is 2.04. The molecule has 106 valence electrons. The highest BCUT2D eigenvalue weighted by Crippen LogP contribution is 2.16. The predicted octanol–water partition coefficient (Wildman–Crippen LogP) is 3.02. The van der Waals surface area contributed by atoms with Gasteiger partial charge in [0.1, 0.15) is 5.75 Å². The van der Waals surface area contributed by atoms with Gasteiger partial charge in [-0.2, -0.15) is 0 Å². The van der Waals surface area contributed by atoms with Crippen molar-refractivity contribution in [3.05, 3.63) is 59.7 Å². The van der Waals surface area contributed by atoms with Crippen LogP contribution in [0.3, 0.4) is 0 Å². The minimum atomic E-state index is -3.22. The maximum Gasteiger partial charge on any atom is 0.178 e. The Hall–Kier alpha value is -1.81. The van der Waals surface area contributed by atoms with Crippen molar-refractivity contribution >= 4 is 9.84 Å². The molecule has 4 heteroatoms. The van der Waals surface area contributed by atoms with E-state index in [1.807, 2.05) is 43.3 Å². The SMILES string of the molecule is COc1ccc(CCS(=O)(=O)c2ccc(C)cc2)cc1. The van der Waals surface area contributed by atoms with Gasteiger partial charge in [0, 0.05) is 0 Å². The lowest BCUT2D eigenvalue weighted by molar-refractivity contribution is 0.414. The minimum Gasteiger partial charge on any atom is -0.497 e. The smallest absolute Gasteiger partial charge is 0.178 e. The summed E-state index contributed by atoms with van der Waals surface area (Å²) in [6.45, 7) is 1.94. The predicted molar refractivity (Wildman–Crippen MR) is 79.9 cm³/mol. The number of hydrogen-bond donors (Lipinski definition) is 0. The third-order valence-electron chi connectivity index (χ3n) is 3.20. The van der Waals surface area contributed by atoms with Crippen molar-refractivity contribution < 1.29 is 13.2 Å². The molecule has 0 bridgehead atoms. The summed E-state index contributed by atoms with van der Waals surface area (Å²) in [5.74, 6) is 0.887. The molecule has 0 spiro atoms. The van der Waals surface area contributed by atoms with Crippen LogP contribution >= 0.6 is 0 Å². The standard InChI is InChI=1S/C16H18O3S/c1-13-3-9-16(10-4-13)20(17,18)12-11-14-5-7-15(19-2)8-6-14/h3-10H,11-12H2,1-2H3. The van der Waals surface area contributed by atoms with Crippen LogP contribution in [-0.2, 0) is 16.3 Å². The van der Waals surface area contributed by atoms with E-state index in [9.17, 15) is 8.42 Å². The van der Waals surface area contributed by atoms with Gasteiger partial charge in [-0.15, -0.1) is 0 Å². The Morgan fingerprint density at radius 2 is 1.55 bits per heavy atom. The second-order valence-electron chi connectivity index (χ2n) is 4.73. The van der Waals surface area contributed by atoms with Gasteiger partial charge in [0.15, 0.2) is 9.84 Å². The molecule has 0 heterocycles. The summed E-state index contributed by atoms with van der Waals surface area (Å²) < 4.78 is 29.5. The van der Waals surface area contributed by atoms with Crippen molar-refractivity contribution in [3.8, 4) is 5.75 Å². The van der Waals surface area contributed by atoms with Crippen LogP contribution in [0, 0.1) is 6.92 Å². The molecule has 0 atom stereocenters. The third kappa shape index (κ3) is 3.61. The Kier molecular flexibility index (Phi) is 4.45. The summed E-state index contributed by atoms with van der Waals surface area (Å²) >= 11 is 0. The van der Waals surface area contributed by atoms with Crippen LogP contribution in [0.2, 0.25) is 0 Å². The normalized spacial score (nSPS) is 11.3. The van der Waals surface area contributed by atoms with Crippen LogP contribution in [0.4, 0.5) is 0 Å². The Labute approximate surface area is 120 Å². The van der Waals surface area contributed by atoms with Crippen molar-refractivity contribution in [3.63, 3.8) is 0 Å². The van der Waals surface area contributed by atoms with Gasteiger partial charge in [0.25, 0.3) is 0 Å². The van der Waals surface area contributed by atoms with Gasteiger partial charge in [-0.1, -0.05) is 29.8 Å². The molecule has 0 aliphatic heterocycles. The van der Waals surface area contributed by atoms with Crippen molar-refractivity contribution in [2.45, 2.75) is 18.2 Å². The highest BCUT2D eigenvalue weighted by Gasteiger charge is 2.14. The summed E-state index contributed by atoms with van der Waals surface area (Å²) in [4.78, 5) is 0.386. The van der Waals surface area contributed by atoms with Crippen molar-refractivity contribution in [2.75, 3.05) is 12.9 Å². The molecular weight excluding hydrogens is 272 g/mol. The third-order valence-corrected chi connectivity index (χ3v) is 4.93. The van der Waals surface area contributed by atoms with E-state index in [1.54, 1.807) is 19.2 Å². The fourth-order valence-corrected chi connectivity index (χ4v) is 3.20. The Bertz CT molecular complexity index is 656. The molecule has 0 unspecified atom stereocenters. The van der Waals surface area contributed by atoms with Gasteiger partial charge in [0.05, 0.1) is 17.8 Å². The molecule has 0 saturated heterocycles. The first-order valence-corrected chi connectivity index (χ1v) is 8.09. The van der Waals surface area contributed by atoms with Crippen LogP contribution in [0.1, 0.15) is 11.1 Å². The highest BCUT2D eigenvalue weighted by molar-refractivity contribution is 7.91. The zero-order valence-electron chi connectivity index (χ0n) is 11.7. The second kappa shape index (κ2) is 6.09. The molecule has 0 aromatic heterocycles. The van der Waals surface area contributed by atoms with Gasteiger partial charge in [0.2, 0.25) is 0 Å². The number of hydrogen-bond acceptors (Lipinski definition) is 3. The first-order chi connectivity index (χ1) is 9.51. The molecule has 0 saturated carbocycles. The Morgan fingerprint density at radius 3 is 2.10 bits per heavy atom. The van der Waals surface area contributed by atoms with E-state index < -0.39 is 9.84 Å². The average molecular weight is 290 g/mol. The maximum atomic E-state index is 12.2. The van der Waals surface area contributed by atoms with Gasteiger partial charge in [-0.3, -0.25) is 0 Å². The largest absolute Gasteiger partial charge is 0.497 e. The van der Waals surface area contributed by atoms with E-state index in [4.69, 9.17) is 4.74 Å². The molecule has 20 heavy (non-hydrogen) atoms. The van der Waals surface area contributed by atoms with E-state index in [-0.39, 0.29) is 5.75 Å². The average Bonchev–Trinajstić information content (AvgIpc) is 2.46. The van der Waals surface area contributed by atoms with E-state index in [1.165, 1.54) is 0 Å². The number of rotatable bonds is 5. The van der Waals surface area contributed by atoms with E-state index in [0.29, 0.717) is 11.3 Å². The minimum absolute atomic E-state index is 0.113. The summed E-state index contributed by atoms with van der Waals surface area (Å²) in [7, 11) is -1.61. The molecule has 0 amide bonds. The summed E-state index contributed by atoms with van der Waals surface area (Å²) in [5, 5.41) is 0. The van der Waals surface area contributed by atoms with Gasteiger partial charge < -0.3 is 4.74 Å². The lowest BCUT2D eigenvalue weighted by Crippen LogP contribution is -2.09. The molecule has 0 radical (unpaired) electrons.